The fraction of sp³-hybridized carbons (Fsp3) is 0.846. The van der Waals surface area contributed by atoms with E-state index in [0.29, 0.717) is 0 Å². The summed E-state index contributed by atoms with van der Waals surface area (Å²) in [6, 6.07) is 0.901. The molecule has 0 aliphatic carbocycles. The van der Waals surface area contributed by atoms with Gasteiger partial charge in [0.05, 0.1) is 0 Å². The summed E-state index contributed by atoms with van der Waals surface area (Å²) >= 11 is 0. The maximum atomic E-state index is 2.72. The molecule has 2 unspecified atom stereocenters. The molecule has 0 aromatic heterocycles. The lowest BCUT2D eigenvalue weighted by atomic mass is 9.82. The molecule has 0 spiro atoms. The first-order chi connectivity index (χ1) is 6.81. The maximum absolute atomic E-state index is 2.72. The van der Waals surface area contributed by atoms with Crippen molar-refractivity contribution in [3.8, 4) is 0 Å². The van der Waals surface area contributed by atoms with Gasteiger partial charge in [0.1, 0.15) is 0 Å². The number of nitrogens with zero attached hydrogens (tertiary/aromatic N) is 1. The van der Waals surface area contributed by atoms with Gasteiger partial charge in [0.25, 0.3) is 0 Å². The van der Waals surface area contributed by atoms with Crippen molar-refractivity contribution >= 4 is 0 Å². The summed E-state index contributed by atoms with van der Waals surface area (Å²) in [6.07, 6.45) is 9.33. The number of allylic oxidation sites excluding steroid dienone is 1. The van der Waals surface area contributed by atoms with Gasteiger partial charge in [-0.25, -0.2) is 0 Å². The van der Waals surface area contributed by atoms with E-state index in [-0.39, 0.29) is 0 Å². The minimum atomic E-state index is 0.891. The Morgan fingerprint density at radius 3 is 3.07 bits per heavy atom. The van der Waals surface area contributed by atoms with Crippen LogP contribution < -0.4 is 0 Å². The molecule has 0 aromatic rings. The monoisotopic (exact) mass is 193 g/mol. The third kappa shape index (κ3) is 2.03. The number of hydrogen-bond acceptors (Lipinski definition) is 1. The molecule has 0 radical (unpaired) electrons. The van der Waals surface area contributed by atoms with Gasteiger partial charge in [0.15, 0.2) is 0 Å². The van der Waals surface area contributed by atoms with Gasteiger partial charge in [-0.15, -0.1) is 0 Å². The average Bonchev–Trinajstić information content (AvgIpc) is 2.18. The van der Waals surface area contributed by atoms with Crippen LogP contribution in [0.5, 0.6) is 0 Å². The highest BCUT2D eigenvalue weighted by Crippen LogP contribution is 2.32. The van der Waals surface area contributed by atoms with Crippen molar-refractivity contribution in [2.24, 2.45) is 5.92 Å². The Hall–Kier alpha value is -0.300. The van der Waals surface area contributed by atoms with E-state index in [0.717, 1.165) is 12.0 Å². The van der Waals surface area contributed by atoms with Crippen LogP contribution in [0.2, 0.25) is 0 Å². The van der Waals surface area contributed by atoms with E-state index in [4.69, 9.17) is 0 Å². The predicted molar refractivity (Wildman–Crippen MR) is 61.4 cm³/mol. The Bertz CT molecular complexity index is 219. The van der Waals surface area contributed by atoms with Crippen LogP contribution in [0.4, 0.5) is 0 Å². The number of rotatable bonds is 1. The van der Waals surface area contributed by atoms with Crippen LogP contribution >= 0.6 is 0 Å². The van der Waals surface area contributed by atoms with Gasteiger partial charge in [-0.05, 0) is 38.1 Å². The summed E-state index contributed by atoms with van der Waals surface area (Å²) in [7, 11) is 0. The second kappa shape index (κ2) is 4.48. The molecule has 0 aromatic carbocycles. The van der Waals surface area contributed by atoms with Crippen molar-refractivity contribution in [2.45, 2.75) is 52.0 Å². The van der Waals surface area contributed by atoms with E-state index in [9.17, 15) is 0 Å². The Labute approximate surface area is 88.2 Å². The fourth-order valence-corrected chi connectivity index (χ4v) is 3.17. The number of fused-ring (bicyclic) bond motifs is 1. The van der Waals surface area contributed by atoms with E-state index in [1.54, 1.807) is 5.57 Å². The summed E-state index contributed by atoms with van der Waals surface area (Å²) in [4.78, 5) is 2.72. The van der Waals surface area contributed by atoms with Crippen molar-refractivity contribution in [1.29, 1.82) is 0 Å². The first kappa shape index (κ1) is 10.2. The molecular weight excluding hydrogens is 170 g/mol. The first-order valence-corrected chi connectivity index (χ1v) is 6.23. The molecule has 1 heteroatoms. The van der Waals surface area contributed by atoms with Gasteiger partial charge < -0.3 is 0 Å². The molecule has 80 valence electrons. The quantitative estimate of drug-likeness (QED) is 0.578. The number of hydrogen-bond donors (Lipinski definition) is 0. The minimum Gasteiger partial charge on any atom is -0.296 e. The van der Waals surface area contributed by atoms with E-state index < -0.39 is 0 Å². The molecule has 2 aliphatic heterocycles. The Morgan fingerprint density at radius 2 is 2.29 bits per heavy atom. The molecular formula is C13H23N. The summed E-state index contributed by atoms with van der Waals surface area (Å²) in [6.45, 7) is 7.30. The van der Waals surface area contributed by atoms with Gasteiger partial charge in [-0.3, -0.25) is 4.90 Å². The van der Waals surface area contributed by atoms with Gasteiger partial charge in [0, 0.05) is 12.6 Å². The molecule has 0 bridgehead atoms. The normalized spacial score (nSPS) is 37.1. The van der Waals surface area contributed by atoms with Crippen molar-refractivity contribution < 1.29 is 0 Å². The van der Waals surface area contributed by atoms with Gasteiger partial charge in [-0.2, -0.15) is 0 Å². The zero-order valence-electron chi connectivity index (χ0n) is 9.63. The smallest absolute Gasteiger partial charge is 0.0196 e. The van der Waals surface area contributed by atoms with Crippen molar-refractivity contribution in [3.63, 3.8) is 0 Å². The fourth-order valence-electron chi connectivity index (χ4n) is 3.17. The van der Waals surface area contributed by atoms with E-state index >= 15 is 0 Å². The van der Waals surface area contributed by atoms with Crippen LogP contribution in [0.25, 0.3) is 0 Å². The van der Waals surface area contributed by atoms with Gasteiger partial charge in [0.2, 0.25) is 0 Å². The highest BCUT2D eigenvalue weighted by atomic mass is 15.2. The lowest BCUT2D eigenvalue weighted by molar-refractivity contribution is 0.0922. The molecule has 2 atom stereocenters. The third-order valence-corrected chi connectivity index (χ3v) is 3.80. The van der Waals surface area contributed by atoms with Crippen LogP contribution in [0.15, 0.2) is 11.6 Å². The Balaban J connectivity index is 2.04. The van der Waals surface area contributed by atoms with Gasteiger partial charge in [-0.1, -0.05) is 31.9 Å². The summed E-state index contributed by atoms with van der Waals surface area (Å²) in [5.74, 6) is 0.891. The Morgan fingerprint density at radius 1 is 1.43 bits per heavy atom. The highest BCUT2D eigenvalue weighted by Gasteiger charge is 2.31. The van der Waals surface area contributed by atoms with E-state index in [1.165, 1.54) is 45.2 Å². The lowest BCUT2D eigenvalue weighted by Crippen LogP contribution is -2.47. The number of piperidine rings is 2. The van der Waals surface area contributed by atoms with E-state index in [2.05, 4.69) is 24.8 Å². The molecule has 0 amide bonds. The molecule has 2 saturated heterocycles. The Kier molecular flexibility index (Phi) is 3.27. The van der Waals surface area contributed by atoms with Crippen LogP contribution in [-0.4, -0.2) is 24.0 Å². The molecule has 2 heterocycles. The van der Waals surface area contributed by atoms with Crippen LogP contribution in [0, 0.1) is 5.92 Å². The average molecular weight is 193 g/mol. The summed E-state index contributed by atoms with van der Waals surface area (Å²) in [5.41, 5.74) is 1.69. The van der Waals surface area contributed by atoms with Crippen LogP contribution in [-0.2, 0) is 0 Å². The highest BCUT2D eigenvalue weighted by molar-refractivity contribution is 5.11. The minimum absolute atomic E-state index is 0.891. The van der Waals surface area contributed by atoms with Crippen LogP contribution in [0.1, 0.15) is 46.0 Å². The second-order valence-corrected chi connectivity index (χ2v) is 4.99. The van der Waals surface area contributed by atoms with Crippen molar-refractivity contribution in [1.82, 2.24) is 4.90 Å². The SMILES string of the molecule is CC/C=C1/CC(C)C2CCCCN2C1. The maximum Gasteiger partial charge on any atom is 0.0196 e. The predicted octanol–water partition coefficient (Wildman–Crippen LogP) is 3.22. The van der Waals surface area contributed by atoms with E-state index in [1.807, 2.05) is 0 Å². The lowest BCUT2D eigenvalue weighted by Gasteiger charge is -2.44. The molecule has 2 aliphatic rings. The molecule has 0 N–H and O–H groups in total. The molecule has 2 fully saturated rings. The van der Waals surface area contributed by atoms with Gasteiger partial charge >= 0.3 is 0 Å². The molecule has 14 heavy (non-hydrogen) atoms. The molecule has 2 rings (SSSR count). The molecule has 1 nitrogen and oxygen atoms in total. The van der Waals surface area contributed by atoms with Crippen LogP contribution in [0.3, 0.4) is 0 Å². The van der Waals surface area contributed by atoms with Crippen molar-refractivity contribution in [2.75, 3.05) is 13.1 Å². The standard InChI is InChI=1S/C13H23N/c1-3-6-12-9-11(2)13-7-4-5-8-14(13)10-12/h6,11,13H,3-5,7-10H2,1-2H3/b12-6-. The third-order valence-electron chi connectivity index (χ3n) is 3.80. The first-order valence-electron chi connectivity index (χ1n) is 6.23. The zero-order chi connectivity index (χ0) is 9.97. The summed E-state index contributed by atoms with van der Waals surface area (Å²) in [5, 5.41) is 0. The molecule has 0 saturated carbocycles. The largest absolute Gasteiger partial charge is 0.296 e. The van der Waals surface area contributed by atoms with Crippen molar-refractivity contribution in [3.05, 3.63) is 11.6 Å². The summed E-state index contributed by atoms with van der Waals surface area (Å²) < 4.78 is 0. The topological polar surface area (TPSA) is 3.24 Å². The second-order valence-electron chi connectivity index (χ2n) is 4.99. The zero-order valence-corrected chi connectivity index (χ0v) is 9.63.